The van der Waals surface area contributed by atoms with Crippen molar-refractivity contribution in [2.75, 3.05) is 14.1 Å². The van der Waals surface area contributed by atoms with Crippen molar-refractivity contribution in [3.05, 3.63) is 69.5 Å². The van der Waals surface area contributed by atoms with Gasteiger partial charge in [-0.1, -0.05) is 41.1 Å². The lowest BCUT2D eigenvalue weighted by Gasteiger charge is -2.23. The number of rotatable bonds is 7. The summed E-state index contributed by atoms with van der Waals surface area (Å²) < 4.78 is 5.26. The van der Waals surface area contributed by atoms with Crippen LogP contribution < -0.4 is 5.32 Å². The van der Waals surface area contributed by atoms with Crippen molar-refractivity contribution in [1.82, 2.24) is 20.4 Å². The van der Waals surface area contributed by atoms with Crippen LogP contribution >= 0.6 is 11.3 Å². The third kappa shape index (κ3) is 4.56. The Bertz CT molecular complexity index is 841. The fourth-order valence-corrected chi connectivity index (χ4v) is 3.39. The van der Waals surface area contributed by atoms with Gasteiger partial charge in [0.15, 0.2) is 5.82 Å². The van der Waals surface area contributed by atoms with E-state index in [9.17, 15) is 4.79 Å². The molecular weight excluding hydrogens is 348 g/mol. The highest BCUT2D eigenvalue weighted by Crippen LogP contribution is 2.19. The molecule has 0 radical (unpaired) electrons. The third-order valence-corrected chi connectivity index (χ3v) is 4.87. The van der Waals surface area contributed by atoms with Gasteiger partial charge >= 0.3 is 0 Å². The largest absolute Gasteiger partial charge is 0.347 e. The Kier molecular flexibility index (Phi) is 5.80. The van der Waals surface area contributed by atoms with E-state index in [0.29, 0.717) is 18.1 Å². The van der Waals surface area contributed by atoms with E-state index in [-0.39, 0.29) is 18.5 Å². The number of carbonyl (C=O) groups is 1. The summed E-state index contributed by atoms with van der Waals surface area (Å²) in [5.41, 5.74) is 2.11. The minimum Gasteiger partial charge on any atom is -0.347 e. The van der Waals surface area contributed by atoms with Crippen LogP contribution in [-0.2, 0) is 17.8 Å². The standard InChI is InChI=1S/C19H22N4O2S/c1-13-6-8-14(9-7-13)18(23(2)3)19(24)20-12-16-21-17(25-22-16)11-15-5-4-10-26-15/h4-10,18H,11-12H2,1-3H3,(H,20,24)/t18-/m1/s1. The summed E-state index contributed by atoms with van der Waals surface area (Å²) in [6.07, 6.45) is 0.613. The van der Waals surface area contributed by atoms with Crippen LogP contribution in [0.2, 0.25) is 0 Å². The van der Waals surface area contributed by atoms with E-state index in [1.54, 1.807) is 11.3 Å². The number of benzene rings is 1. The number of hydrogen-bond acceptors (Lipinski definition) is 6. The number of hydrogen-bond donors (Lipinski definition) is 1. The maximum Gasteiger partial charge on any atom is 0.242 e. The molecule has 0 unspecified atom stereocenters. The molecule has 3 rings (SSSR count). The number of likely N-dealkylation sites (N-methyl/N-ethyl adjacent to an activating group) is 1. The molecule has 1 atom stereocenters. The first kappa shape index (κ1) is 18.3. The van der Waals surface area contributed by atoms with E-state index in [0.717, 1.165) is 16.0 Å². The van der Waals surface area contributed by atoms with Crippen molar-refractivity contribution in [3.63, 3.8) is 0 Å². The molecule has 3 aromatic rings. The molecule has 2 aromatic heterocycles. The van der Waals surface area contributed by atoms with Crippen molar-refractivity contribution in [1.29, 1.82) is 0 Å². The van der Waals surface area contributed by atoms with Crippen LogP contribution in [0.5, 0.6) is 0 Å². The van der Waals surface area contributed by atoms with Crippen molar-refractivity contribution < 1.29 is 9.32 Å². The topological polar surface area (TPSA) is 71.3 Å². The monoisotopic (exact) mass is 370 g/mol. The molecule has 1 amide bonds. The van der Waals surface area contributed by atoms with Gasteiger partial charge in [0, 0.05) is 4.88 Å². The SMILES string of the molecule is Cc1ccc([C@H](C(=O)NCc2noc(Cc3cccs3)n2)N(C)C)cc1. The summed E-state index contributed by atoms with van der Waals surface area (Å²) in [4.78, 5) is 20.1. The second kappa shape index (κ2) is 8.25. The zero-order chi connectivity index (χ0) is 18.5. The average molecular weight is 370 g/mol. The van der Waals surface area contributed by atoms with Gasteiger partial charge in [0.2, 0.25) is 11.8 Å². The number of aromatic nitrogens is 2. The van der Waals surface area contributed by atoms with Crippen molar-refractivity contribution in [3.8, 4) is 0 Å². The van der Waals surface area contributed by atoms with Crippen LogP contribution in [-0.4, -0.2) is 35.0 Å². The Morgan fingerprint density at radius 2 is 2.04 bits per heavy atom. The van der Waals surface area contributed by atoms with Gasteiger partial charge in [-0.2, -0.15) is 4.98 Å². The Hall–Kier alpha value is -2.51. The highest BCUT2D eigenvalue weighted by molar-refractivity contribution is 7.09. The van der Waals surface area contributed by atoms with Gasteiger partial charge in [0.05, 0.1) is 13.0 Å². The zero-order valence-corrected chi connectivity index (χ0v) is 15.9. The highest BCUT2D eigenvalue weighted by atomic mass is 32.1. The first-order chi connectivity index (χ1) is 12.5. The number of amides is 1. The van der Waals surface area contributed by atoms with E-state index in [2.05, 4.69) is 15.5 Å². The Morgan fingerprint density at radius 1 is 1.27 bits per heavy atom. The van der Waals surface area contributed by atoms with Gasteiger partial charge in [-0.3, -0.25) is 9.69 Å². The molecule has 0 bridgehead atoms. The van der Waals surface area contributed by atoms with Gasteiger partial charge in [-0.25, -0.2) is 0 Å². The van der Waals surface area contributed by atoms with E-state index in [1.165, 1.54) is 0 Å². The van der Waals surface area contributed by atoms with Gasteiger partial charge < -0.3 is 9.84 Å². The fraction of sp³-hybridized carbons (Fsp3) is 0.316. The summed E-state index contributed by atoms with van der Waals surface area (Å²) in [7, 11) is 3.77. The third-order valence-electron chi connectivity index (χ3n) is 3.99. The van der Waals surface area contributed by atoms with Crippen molar-refractivity contribution >= 4 is 17.2 Å². The number of nitrogens with zero attached hydrogens (tertiary/aromatic N) is 3. The molecule has 0 aliphatic rings. The molecule has 1 aromatic carbocycles. The summed E-state index contributed by atoms with van der Waals surface area (Å²) >= 11 is 1.65. The summed E-state index contributed by atoms with van der Waals surface area (Å²) in [6, 6.07) is 11.6. The summed E-state index contributed by atoms with van der Waals surface area (Å²) in [5, 5.41) is 8.86. The molecule has 0 fully saturated rings. The van der Waals surface area contributed by atoms with E-state index in [1.807, 2.05) is 67.7 Å². The van der Waals surface area contributed by atoms with Crippen LogP contribution in [0, 0.1) is 6.92 Å². The quantitative estimate of drug-likeness (QED) is 0.692. The number of aryl methyl sites for hydroxylation is 1. The van der Waals surface area contributed by atoms with Crippen molar-refractivity contribution in [2.24, 2.45) is 0 Å². The lowest BCUT2D eigenvalue weighted by atomic mass is 10.0. The maximum atomic E-state index is 12.7. The van der Waals surface area contributed by atoms with Crippen LogP contribution in [0.1, 0.15) is 33.8 Å². The van der Waals surface area contributed by atoms with Gasteiger partial charge in [-0.05, 0) is 38.0 Å². The van der Waals surface area contributed by atoms with E-state index in [4.69, 9.17) is 4.52 Å². The Labute approximate surface area is 156 Å². The maximum absolute atomic E-state index is 12.7. The molecule has 0 saturated heterocycles. The minimum atomic E-state index is -0.368. The summed E-state index contributed by atoms with van der Waals surface area (Å²) in [6.45, 7) is 2.27. The van der Waals surface area contributed by atoms with Crippen LogP contribution in [0.15, 0.2) is 46.3 Å². The van der Waals surface area contributed by atoms with Crippen LogP contribution in [0.3, 0.4) is 0 Å². The summed E-state index contributed by atoms with van der Waals surface area (Å²) in [5.74, 6) is 0.939. The molecule has 6 nitrogen and oxygen atoms in total. The van der Waals surface area contributed by atoms with Crippen LogP contribution in [0.25, 0.3) is 0 Å². The zero-order valence-electron chi connectivity index (χ0n) is 15.1. The predicted octanol–water partition coefficient (Wildman–Crippen LogP) is 2.95. The smallest absolute Gasteiger partial charge is 0.242 e. The average Bonchev–Trinajstić information content (AvgIpc) is 3.27. The van der Waals surface area contributed by atoms with Gasteiger partial charge in [-0.15, -0.1) is 11.3 Å². The molecule has 0 spiro atoms. The Morgan fingerprint density at radius 3 is 2.69 bits per heavy atom. The molecule has 7 heteroatoms. The van der Waals surface area contributed by atoms with Gasteiger partial charge in [0.25, 0.3) is 0 Å². The molecule has 26 heavy (non-hydrogen) atoms. The second-order valence-corrected chi connectivity index (χ2v) is 7.39. The Balaban J connectivity index is 1.61. The lowest BCUT2D eigenvalue weighted by Crippen LogP contribution is -2.36. The van der Waals surface area contributed by atoms with E-state index >= 15 is 0 Å². The molecular formula is C19H22N4O2S. The number of nitrogens with one attached hydrogen (secondary N) is 1. The first-order valence-electron chi connectivity index (χ1n) is 8.37. The lowest BCUT2D eigenvalue weighted by molar-refractivity contribution is -0.126. The predicted molar refractivity (Wildman–Crippen MR) is 101 cm³/mol. The molecule has 0 aliphatic carbocycles. The fourth-order valence-electron chi connectivity index (χ4n) is 2.69. The second-order valence-electron chi connectivity index (χ2n) is 6.36. The van der Waals surface area contributed by atoms with Crippen molar-refractivity contribution in [2.45, 2.75) is 25.9 Å². The molecule has 1 N–H and O–H groups in total. The van der Waals surface area contributed by atoms with E-state index < -0.39 is 0 Å². The number of carbonyl (C=O) groups excluding carboxylic acids is 1. The highest BCUT2D eigenvalue weighted by Gasteiger charge is 2.23. The molecule has 136 valence electrons. The molecule has 2 heterocycles. The number of thiophene rings is 1. The van der Waals surface area contributed by atoms with Gasteiger partial charge in [0.1, 0.15) is 6.04 Å². The first-order valence-corrected chi connectivity index (χ1v) is 9.25. The normalized spacial score (nSPS) is 12.3. The molecule has 0 aliphatic heterocycles. The molecule has 0 saturated carbocycles. The van der Waals surface area contributed by atoms with Crippen LogP contribution in [0.4, 0.5) is 0 Å². The minimum absolute atomic E-state index is 0.0940.